The van der Waals surface area contributed by atoms with Gasteiger partial charge in [0, 0.05) is 22.3 Å². The molecule has 124 valence electrons. The molecule has 0 saturated heterocycles. The van der Waals surface area contributed by atoms with Crippen molar-refractivity contribution in [1.29, 1.82) is 0 Å². The van der Waals surface area contributed by atoms with Gasteiger partial charge in [0.15, 0.2) is 0 Å². The Hall–Kier alpha value is -2.21. The molecule has 1 N–H and O–H groups in total. The van der Waals surface area contributed by atoms with Crippen LogP contribution in [0.3, 0.4) is 0 Å². The molecule has 0 bridgehead atoms. The summed E-state index contributed by atoms with van der Waals surface area (Å²) in [5.41, 5.74) is 5.14. The summed E-state index contributed by atoms with van der Waals surface area (Å²) >= 11 is 3.20. The predicted octanol–water partition coefficient (Wildman–Crippen LogP) is 3.49. The maximum atomic E-state index is 13.7. The molecule has 0 saturated carbocycles. The van der Waals surface area contributed by atoms with Crippen LogP contribution in [0.25, 0.3) is 0 Å². The number of hydrogen-bond donors (Lipinski definition) is 1. The fourth-order valence-electron chi connectivity index (χ4n) is 2.76. The monoisotopic (exact) mass is 389 g/mol. The molecule has 1 heterocycles. The second-order valence-electron chi connectivity index (χ2n) is 5.61. The number of carbonyl (C=O) groups excluding carboxylic acids is 1. The van der Waals surface area contributed by atoms with Gasteiger partial charge in [0.25, 0.3) is 5.91 Å². The molecule has 24 heavy (non-hydrogen) atoms. The Labute approximate surface area is 148 Å². The number of para-hydroxylation sites is 1. The van der Waals surface area contributed by atoms with E-state index in [9.17, 15) is 9.18 Å². The Kier molecular flexibility index (Phi) is 5.25. The van der Waals surface area contributed by atoms with Crippen molar-refractivity contribution in [2.45, 2.75) is 12.8 Å². The van der Waals surface area contributed by atoms with Gasteiger partial charge in [0.2, 0.25) is 0 Å². The quantitative estimate of drug-likeness (QED) is 0.642. The van der Waals surface area contributed by atoms with Crippen LogP contribution in [0, 0.1) is 5.82 Å². The number of nitrogens with one attached hydrogen (secondary N) is 1. The fourth-order valence-corrected chi connectivity index (χ4v) is 3.10. The van der Waals surface area contributed by atoms with Gasteiger partial charge in [-0.05, 0) is 42.7 Å². The van der Waals surface area contributed by atoms with Gasteiger partial charge in [-0.25, -0.2) is 9.82 Å². The van der Waals surface area contributed by atoms with Gasteiger partial charge in [0.1, 0.15) is 5.82 Å². The molecule has 0 fully saturated rings. The van der Waals surface area contributed by atoms with E-state index in [4.69, 9.17) is 0 Å². The van der Waals surface area contributed by atoms with Gasteiger partial charge in [-0.2, -0.15) is 5.10 Å². The first kappa shape index (κ1) is 16.6. The zero-order chi connectivity index (χ0) is 16.9. The molecule has 6 heteroatoms. The smallest absolute Gasteiger partial charge is 0.259 e. The number of hydrazone groups is 1. The van der Waals surface area contributed by atoms with E-state index in [0.717, 1.165) is 25.1 Å². The highest BCUT2D eigenvalue weighted by molar-refractivity contribution is 9.10. The molecule has 2 aromatic carbocycles. The van der Waals surface area contributed by atoms with E-state index in [1.807, 2.05) is 23.1 Å². The van der Waals surface area contributed by atoms with E-state index in [1.165, 1.54) is 17.8 Å². The lowest BCUT2D eigenvalue weighted by Gasteiger charge is -2.30. The maximum Gasteiger partial charge on any atom is 0.259 e. The Morgan fingerprint density at radius 1 is 1.33 bits per heavy atom. The molecule has 2 aromatic rings. The van der Waals surface area contributed by atoms with Crippen molar-refractivity contribution in [3.63, 3.8) is 0 Å². The molecule has 0 spiro atoms. The lowest BCUT2D eigenvalue weighted by atomic mass is 10.0. The van der Waals surface area contributed by atoms with E-state index in [0.29, 0.717) is 10.0 Å². The summed E-state index contributed by atoms with van der Waals surface area (Å²) < 4.78 is 14.3. The molecule has 0 aliphatic carbocycles. The summed E-state index contributed by atoms with van der Waals surface area (Å²) in [7, 11) is 0. The average Bonchev–Trinajstić information content (AvgIpc) is 2.57. The Bertz CT molecular complexity index is 779. The van der Waals surface area contributed by atoms with E-state index in [2.05, 4.69) is 32.5 Å². The first-order valence-corrected chi connectivity index (χ1v) is 8.52. The predicted molar refractivity (Wildman–Crippen MR) is 96.8 cm³/mol. The third-order valence-corrected chi connectivity index (χ3v) is 4.39. The number of carbonyl (C=O) groups is 1. The topological polar surface area (TPSA) is 44.7 Å². The average molecular weight is 390 g/mol. The summed E-state index contributed by atoms with van der Waals surface area (Å²) in [6, 6.07) is 12.8. The Morgan fingerprint density at radius 3 is 3.00 bits per heavy atom. The molecule has 1 aliphatic heterocycles. The van der Waals surface area contributed by atoms with Gasteiger partial charge >= 0.3 is 0 Å². The highest BCUT2D eigenvalue weighted by Crippen LogP contribution is 2.26. The summed E-state index contributed by atoms with van der Waals surface area (Å²) in [4.78, 5) is 14.1. The van der Waals surface area contributed by atoms with Crippen LogP contribution in [0.5, 0.6) is 0 Å². The molecule has 0 aromatic heterocycles. The lowest BCUT2D eigenvalue weighted by Crippen LogP contribution is -2.38. The van der Waals surface area contributed by atoms with Gasteiger partial charge in [-0.3, -0.25) is 4.79 Å². The highest BCUT2D eigenvalue weighted by Gasteiger charge is 2.18. The van der Waals surface area contributed by atoms with Crippen molar-refractivity contribution >= 4 is 33.7 Å². The Morgan fingerprint density at radius 2 is 2.17 bits per heavy atom. The van der Waals surface area contributed by atoms with E-state index in [-0.39, 0.29) is 12.5 Å². The van der Waals surface area contributed by atoms with E-state index < -0.39 is 5.82 Å². The number of aryl methyl sites for hydroxylation is 1. The molecular formula is C18H17BrFN3O. The number of hydrogen-bond acceptors (Lipinski definition) is 3. The van der Waals surface area contributed by atoms with Gasteiger partial charge in [-0.1, -0.05) is 34.1 Å². The van der Waals surface area contributed by atoms with Crippen molar-refractivity contribution in [3.8, 4) is 0 Å². The van der Waals surface area contributed by atoms with Crippen molar-refractivity contribution in [2.24, 2.45) is 5.10 Å². The largest absolute Gasteiger partial charge is 0.362 e. The summed E-state index contributed by atoms with van der Waals surface area (Å²) in [6.07, 6.45) is 3.37. The SMILES string of the molecule is O=C(CN1CCCc2ccccc21)N/N=C\c1ccc(Br)cc1F. The maximum absolute atomic E-state index is 13.7. The fraction of sp³-hybridized carbons (Fsp3) is 0.222. The second kappa shape index (κ2) is 7.57. The minimum Gasteiger partial charge on any atom is -0.362 e. The van der Waals surface area contributed by atoms with Gasteiger partial charge in [-0.15, -0.1) is 0 Å². The second-order valence-corrected chi connectivity index (χ2v) is 6.53. The minimum absolute atomic E-state index is 0.222. The molecule has 4 nitrogen and oxygen atoms in total. The third kappa shape index (κ3) is 4.00. The van der Waals surface area contributed by atoms with Crippen molar-refractivity contribution < 1.29 is 9.18 Å². The Balaban J connectivity index is 1.59. The van der Waals surface area contributed by atoms with Crippen molar-refractivity contribution in [1.82, 2.24) is 5.43 Å². The number of anilines is 1. The molecule has 1 aliphatic rings. The van der Waals surface area contributed by atoms with Crippen molar-refractivity contribution in [2.75, 3.05) is 18.0 Å². The van der Waals surface area contributed by atoms with Crippen LogP contribution in [0.2, 0.25) is 0 Å². The molecule has 0 atom stereocenters. The van der Waals surface area contributed by atoms with Crippen molar-refractivity contribution in [3.05, 3.63) is 63.9 Å². The normalized spacial score (nSPS) is 13.8. The molecule has 0 unspecified atom stereocenters. The summed E-state index contributed by atoms with van der Waals surface area (Å²) in [5, 5.41) is 3.85. The zero-order valence-electron chi connectivity index (χ0n) is 13.0. The molecule has 3 rings (SSSR count). The number of fused-ring (bicyclic) bond motifs is 1. The van der Waals surface area contributed by atoms with Crippen LogP contribution in [-0.4, -0.2) is 25.2 Å². The first-order chi connectivity index (χ1) is 11.6. The van der Waals surface area contributed by atoms with Crippen LogP contribution in [0.15, 0.2) is 52.0 Å². The zero-order valence-corrected chi connectivity index (χ0v) is 14.6. The minimum atomic E-state index is -0.396. The highest BCUT2D eigenvalue weighted by atomic mass is 79.9. The van der Waals surface area contributed by atoms with E-state index >= 15 is 0 Å². The molecule has 0 radical (unpaired) electrons. The van der Waals surface area contributed by atoms with Crippen LogP contribution >= 0.6 is 15.9 Å². The van der Waals surface area contributed by atoms with Crippen LogP contribution in [0.1, 0.15) is 17.5 Å². The van der Waals surface area contributed by atoms with Gasteiger partial charge in [0.05, 0.1) is 12.8 Å². The van der Waals surface area contributed by atoms with Crippen LogP contribution < -0.4 is 10.3 Å². The summed E-state index contributed by atoms with van der Waals surface area (Å²) in [6.45, 7) is 1.08. The lowest BCUT2D eigenvalue weighted by molar-refractivity contribution is -0.119. The number of halogens is 2. The molecular weight excluding hydrogens is 373 g/mol. The third-order valence-electron chi connectivity index (χ3n) is 3.90. The standard InChI is InChI=1S/C18H17BrFN3O/c19-15-8-7-14(16(20)10-15)11-21-22-18(24)12-23-9-3-5-13-4-1-2-6-17(13)23/h1-2,4,6-8,10-11H,3,5,9,12H2,(H,22,24)/b21-11-. The number of amides is 1. The summed E-state index contributed by atoms with van der Waals surface area (Å²) in [5.74, 6) is -0.618. The van der Waals surface area contributed by atoms with Crippen LogP contribution in [-0.2, 0) is 11.2 Å². The number of benzene rings is 2. The first-order valence-electron chi connectivity index (χ1n) is 7.73. The van der Waals surface area contributed by atoms with Crippen LogP contribution in [0.4, 0.5) is 10.1 Å². The number of rotatable bonds is 4. The van der Waals surface area contributed by atoms with Gasteiger partial charge < -0.3 is 4.90 Å². The number of nitrogens with zero attached hydrogens (tertiary/aromatic N) is 2. The van der Waals surface area contributed by atoms with E-state index in [1.54, 1.807) is 12.1 Å². The molecule has 1 amide bonds.